The van der Waals surface area contributed by atoms with Crippen LogP contribution in [0.5, 0.6) is 0 Å². The van der Waals surface area contributed by atoms with Gasteiger partial charge in [-0.05, 0) is 49.0 Å². The lowest BCUT2D eigenvalue weighted by Crippen LogP contribution is -2.49. The van der Waals surface area contributed by atoms with E-state index in [2.05, 4.69) is 0 Å². The van der Waals surface area contributed by atoms with Gasteiger partial charge in [0, 0.05) is 22.3 Å². The fourth-order valence-corrected chi connectivity index (χ4v) is 10.5. The summed E-state index contributed by atoms with van der Waals surface area (Å²) in [6, 6.07) is 14.6. The molecule has 0 fully saturated rings. The fraction of sp³-hybridized carbons (Fsp3) is 0.290. The number of allylic oxidation sites excluding steroid dienone is 8. The van der Waals surface area contributed by atoms with Crippen molar-refractivity contribution < 1.29 is 43.2 Å². The summed E-state index contributed by atoms with van der Waals surface area (Å²) >= 11 is 0. The van der Waals surface area contributed by atoms with Crippen LogP contribution in [0.2, 0.25) is 0 Å². The number of benzene rings is 2. The number of sulfone groups is 2. The average Bonchev–Trinajstić information content (AvgIpc) is 3.30. The third-order valence-corrected chi connectivity index (χ3v) is 12.5. The topological polar surface area (TPSA) is 68.3 Å². The van der Waals surface area contributed by atoms with Crippen molar-refractivity contribution in [1.82, 2.24) is 0 Å². The Hall–Kier alpha value is -3.38. The van der Waals surface area contributed by atoms with E-state index in [4.69, 9.17) is 0 Å². The van der Waals surface area contributed by atoms with E-state index in [-0.39, 0.29) is 11.1 Å². The van der Waals surface area contributed by atoms with Crippen molar-refractivity contribution in [2.24, 2.45) is 0 Å². The molecule has 5 rings (SSSR count). The van der Waals surface area contributed by atoms with Gasteiger partial charge in [0.25, 0.3) is 0 Å². The zero-order chi connectivity index (χ0) is 31.9. The molecule has 1 aliphatic carbocycles. The zero-order valence-electron chi connectivity index (χ0n) is 23.4. The number of halogens is 6. The van der Waals surface area contributed by atoms with Crippen molar-refractivity contribution in [3.63, 3.8) is 0 Å². The van der Waals surface area contributed by atoms with Gasteiger partial charge in [-0.15, -0.1) is 0 Å². The summed E-state index contributed by atoms with van der Waals surface area (Å²) in [6.45, 7) is 4.78. The molecule has 0 saturated heterocycles. The molecule has 4 nitrogen and oxygen atoms in total. The van der Waals surface area contributed by atoms with Gasteiger partial charge in [0.15, 0.2) is 0 Å². The van der Waals surface area contributed by atoms with Gasteiger partial charge in [-0.25, -0.2) is 16.8 Å². The molecule has 0 spiro atoms. The molecule has 0 unspecified atom stereocenters. The molecule has 0 bridgehead atoms. The lowest BCUT2D eigenvalue weighted by Gasteiger charge is -2.26. The Morgan fingerprint density at radius 2 is 0.860 bits per heavy atom. The van der Waals surface area contributed by atoms with E-state index in [1.165, 1.54) is 62.4 Å². The first kappa shape index (κ1) is 31.1. The van der Waals surface area contributed by atoms with Crippen LogP contribution in [0.15, 0.2) is 104 Å². The first-order valence-corrected chi connectivity index (χ1v) is 16.3. The van der Waals surface area contributed by atoms with E-state index in [9.17, 15) is 16.8 Å². The van der Waals surface area contributed by atoms with Crippen LogP contribution in [-0.4, -0.2) is 34.6 Å². The SMILES string of the molecule is CCC1=C(C2=C(C3=C(CC)S(=O)(=O)C(c4ccccc4)=C3C)C(F)(F)C(F)(F)C2(F)F)C(C)=C(c2ccccc2)S1(=O)=O. The Bertz CT molecular complexity index is 1790. The second-order valence-electron chi connectivity index (χ2n) is 10.4. The molecular weight excluding hydrogens is 614 g/mol. The molecular formula is C31H26F6O4S2. The Labute approximate surface area is 245 Å². The van der Waals surface area contributed by atoms with Gasteiger partial charge in [-0.2, -0.15) is 26.3 Å². The maximum atomic E-state index is 15.9. The predicted octanol–water partition coefficient (Wildman–Crippen LogP) is 8.25. The van der Waals surface area contributed by atoms with E-state index in [0.717, 1.165) is 13.8 Å². The van der Waals surface area contributed by atoms with E-state index < -0.39 is 103 Å². The third kappa shape index (κ3) is 3.94. The van der Waals surface area contributed by atoms with Crippen LogP contribution in [0, 0.1) is 0 Å². The van der Waals surface area contributed by atoms with Gasteiger partial charge in [-0.1, -0.05) is 74.5 Å². The van der Waals surface area contributed by atoms with Crippen LogP contribution in [0.4, 0.5) is 26.3 Å². The zero-order valence-corrected chi connectivity index (χ0v) is 25.0. The van der Waals surface area contributed by atoms with Crippen LogP contribution in [0.3, 0.4) is 0 Å². The molecule has 43 heavy (non-hydrogen) atoms. The largest absolute Gasteiger partial charge is 0.380 e. The minimum atomic E-state index is -6.01. The van der Waals surface area contributed by atoms with Crippen molar-refractivity contribution >= 4 is 29.5 Å². The van der Waals surface area contributed by atoms with Crippen molar-refractivity contribution in [1.29, 1.82) is 0 Å². The molecule has 2 heterocycles. The fourth-order valence-electron chi connectivity index (χ4n) is 6.26. The van der Waals surface area contributed by atoms with Crippen LogP contribution >= 0.6 is 0 Å². The molecule has 0 N–H and O–H groups in total. The van der Waals surface area contributed by atoms with Gasteiger partial charge >= 0.3 is 17.8 Å². The quantitative estimate of drug-likeness (QED) is 0.298. The van der Waals surface area contributed by atoms with E-state index in [1.807, 2.05) is 0 Å². The molecule has 12 heteroatoms. The molecule has 3 aliphatic rings. The van der Waals surface area contributed by atoms with E-state index in [1.54, 1.807) is 12.1 Å². The summed E-state index contributed by atoms with van der Waals surface area (Å²) in [6.07, 6.45) is -0.950. The summed E-state index contributed by atoms with van der Waals surface area (Å²) in [5.74, 6) is -17.2. The first-order chi connectivity index (χ1) is 19.9. The number of rotatable bonds is 6. The maximum Gasteiger partial charge on any atom is 0.380 e. The lowest BCUT2D eigenvalue weighted by atomic mass is 9.86. The van der Waals surface area contributed by atoms with Crippen molar-refractivity contribution in [2.75, 3.05) is 0 Å². The van der Waals surface area contributed by atoms with Crippen molar-refractivity contribution in [3.8, 4) is 0 Å². The second kappa shape index (κ2) is 9.82. The highest BCUT2D eigenvalue weighted by Crippen LogP contribution is 2.66. The van der Waals surface area contributed by atoms with Gasteiger partial charge in [0.05, 0.1) is 19.6 Å². The van der Waals surface area contributed by atoms with Gasteiger partial charge in [0.1, 0.15) is 0 Å². The molecule has 0 amide bonds. The van der Waals surface area contributed by atoms with E-state index >= 15 is 26.3 Å². The van der Waals surface area contributed by atoms with Crippen LogP contribution in [0.1, 0.15) is 51.7 Å². The summed E-state index contributed by atoms with van der Waals surface area (Å²) in [5.41, 5.74) is -6.35. The Kier molecular flexibility index (Phi) is 7.09. The summed E-state index contributed by atoms with van der Waals surface area (Å²) < 4.78 is 149. The lowest BCUT2D eigenvalue weighted by molar-refractivity contribution is -0.263. The minimum Gasteiger partial charge on any atom is -0.219 e. The molecule has 0 radical (unpaired) electrons. The molecule has 0 atom stereocenters. The summed E-state index contributed by atoms with van der Waals surface area (Å²) in [7, 11) is -9.18. The van der Waals surface area contributed by atoms with Gasteiger partial charge in [0.2, 0.25) is 19.7 Å². The molecule has 2 aromatic rings. The number of hydrogen-bond donors (Lipinski definition) is 0. The van der Waals surface area contributed by atoms with E-state index in [0.29, 0.717) is 0 Å². The highest BCUT2D eigenvalue weighted by Gasteiger charge is 2.81. The molecule has 228 valence electrons. The van der Waals surface area contributed by atoms with Crippen LogP contribution in [0.25, 0.3) is 9.81 Å². The Balaban J connectivity index is 1.99. The van der Waals surface area contributed by atoms with Crippen molar-refractivity contribution in [2.45, 2.75) is 58.3 Å². The molecule has 2 aromatic carbocycles. The average molecular weight is 641 g/mol. The maximum absolute atomic E-state index is 15.9. The van der Waals surface area contributed by atoms with Gasteiger partial charge < -0.3 is 0 Å². The summed E-state index contributed by atoms with van der Waals surface area (Å²) in [5, 5.41) is 0. The molecule has 0 aromatic heterocycles. The van der Waals surface area contributed by atoms with Crippen LogP contribution in [-0.2, 0) is 19.7 Å². The Morgan fingerprint density at radius 1 is 0.558 bits per heavy atom. The smallest absolute Gasteiger partial charge is 0.219 e. The van der Waals surface area contributed by atoms with Crippen molar-refractivity contribution in [3.05, 3.63) is 115 Å². The minimum absolute atomic E-state index is 0.0577. The number of alkyl halides is 6. The standard InChI is InChI=1S/C31H26F6O4S2/c1-5-21-23(17(3)27(42(21,38)39)19-13-9-7-10-14-19)25-26(30(34,35)31(36,37)29(25,32)33)24-18(4)28(20-15-11-8-12-16-20)43(40,41)22(24)6-2/h7-16H,5-6H2,1-4H3. The normalized spacial score (nSPS) is 23.7. The monoisotopic (exact) mass is 640 g/mol. The van der Waals surface area contributed by atoms with Crippen LogP contribution < -0.4 is 0 Å². The highest BCUT2D eigenvalue weighted by atomic mass is 32.2. The Morgan fingerprint density at radius 3 is 1.14 bits per heavy atom. The van der Waals surface area contributed by atoms with Gasteiger partial charge in [-0.3, -0.25) is 0 Å². The first-order valence-electron chi connectivity index (χ1n) is 13.3. The third-order valence-electron chi connectivity index (χ3n) is 8.06. The second-order valence-corrected chi connectivity index (χ2v) is 14.2. The molecule has 2 aliphatic heterocycles. The summed E-state index contributed by atoms with van der Waals surface area (Å²) in [4.78, 5) is -2.40. The highest BCUT2D eigenvalue weighted by molar-refractivity contribution is 8.04. The predicted molar refractivity (Wildman–Crippen MR) is 152 cm³/mol. The molecule has 0 saturated carbocycles. The number of hydrogen-bond acceptors (Lipinski definition) is 4.